The highest BCUT2D eigenvalue weighted by atomic mass is 35.5. The molecule has 8 heteroatoms. The normalized spacial score (nSPS) is 18.3. The van der Waals surface area contributed by atoms with E-state index in [-0.39, 0.29) is 30.1 Å². The molecule has 1 aromatic rings. The number of carbonyl (C=O) groups is 1. The Bertz CT molecular complexity index is 587. The molecule has 3 rings (SSSR count). The molecule has 0 spiro atoms. The zero-order valence-electron chi connectivity index (χ0n) is 12.4. The number of esters is 1. The minimum atomic E-state index is -4.46. The largest absolute Gasteiger partial charge is 0.457 e. The van der Waals surface area contributed by atoms with Crippen molar-refractivity contribution in [3.8, 4) is 0 Å². The van der Waals surface area contributed by atoms with Gasteiger partial charge in [-0.15, -0.1) is 12.4 Å². The number of fused-ring (bicyclic) bond motifs is 1. The van der Waals surface area contributed by atoms with E-state index in [0.29, 0.717) is 18.5 Å². The van der Waals surface area contributed by atoms with Gasteiger partial charge in [0, 0.05) is 38.3 Å². The third-order valence-electron chi connectivity index (χ3n) is 4.12. The van der Waals surface area contributed by atoms with Crippen LogP contribution in [0, 0.1) is 0 Å². The quantitative estimate of drug-likeness (QED) is 0.849. The molecule has 0 aromatic heterocycles. The first-order valence-electron chi connectivity index (χ1n) is 7.28. The zero-order chi connectivity index (χ0) is 15.7. The number of carbonyl (C=O) groups excluding carboxylic acids is 1. The Kier molecular flexibility index (Phi) is 5.54. The molecular weight excluding hydrogens is 333 g/mol. The van der Waals surface area contributed by atoms with Crippen molar-refractivity contribution in [1.82, 2.24) is 10.2 Å². The molecule has 2 aliphatic heterocycles. The number of nitrogens with one attached hydrogen (secondary N) is 1. The molecule has 1 fully saturated rings. The maximum atomic E-state index is 13.2. The van der Waals surface area contributed by atoms with E-state index in [1.165, 1.54) is 6.07 Å². The van der Waals surface area contributed by atoms with Crippen LogP contribution in [0.4, 0.5) is 13.2 Å². The number of ether oxygens (including phenoxy) is 1. The van der Waals surface area contributed by atoms with Crippen molar-refractivity contribution in [2.75, 3.05) is 32.7 Å². The van der Waals surface area contributed by atoms with Crippen LogP contribution in [0.15, 0.2) is 12.1 Å². The van der Waals surface area contributed by atoms with Gasteiger partial charge in [-0.3, -0.25) is 0 Å². The minimum absolute atomic E-state index is 0. The number of cyclic esters (lactones) is 1. The summed E-state index contributed by atoms with van der Waals surface area (Å²) in [6.07, 6.45) is -4.15. The van der Waals surface area contributed by atoms with Gasteiger partial charge in [-0.25, -0.2) is 4.79 Å². The summed E-state index contributed by atoms with van der Waals surface area (Å²) >= 11 is 0. The predicted molar refractivity (Wildman–Crippen MR) is 80.8 cm³/mol. The molecule has 1 saturated heterocycles. The van der Waals surface area contributed by atoms with Gasteiger partial charge in [0.15, 0.2) is 0 Å². The lowest BCUT2D eigenvalue weighted by Gasteiger charge is -2.27. The van der Waals surface area contributed by atoms with Crippen LogP contribution in [-0.2, 0) is 23.9 Å². The summed E-state index contributed by atoms with van der Waals surface area (Å²) in [4.78, 5) is 13.6. The van der Waals surface area contributed by atoms with Gasteiger partial charge < -0.3 is 15.0 Å². The van der Waals surface area contributed by atoms with Crippen molar-refractivity contribution in [2.24, 2.45) is 0 Å². The molecular formula is C15H18ClF3N2O2. The molecule has 0 saturated carbocycles. The fourth-order valence-electron chi connectivity index (χ4n) is 2.91. The molecule has 0 amide bonds. The van der Waals surface area contributed by atoms with Gasteiger partial charge in [0.05, 0.1) is 11.1 Å². The summed E-state index contributed by atoms with van der Waals surface area (Å²) in [6, 6.07) is 2.42. The summed E-state index contributed by atoms with van der Waals surface area (Å²) in [5, 5.41) is 3.21. The van der Waals surface area contributed by atoms with Gasteiger partial charge in [0.2, 0.25) is 0 Å². The molecule has 0 unspecified atom stereocenters. The van der Waals surface area contributed by atoms with Crippen molar-refractivity contribution < 1.29 is 22.7 Å². The summed E-state index contributed by atoms with van der Waals surface area (Å²) in [7, 11) is 0. The Morgan fingerprint density at radius 3 is 2.57 bits per heavy atom. The second-order valence-corrected chi connectivity index (χ2v) is 5.58. The Morgan fingerprint density at radius 2 is 1.91 bits per heavy atom. The number of hydrogen-bond donors (Lipinski definition) is 1. The third kappa shape index (κ3) is 3.97. The number of nitrogens with zero attached hydrogens (tertiary/aromatic N) is 1. The van der Waals surface area contributed by atoms with Gasteiger partial charge >= 0.3 is 12.1 Å². The highest BCUT2D eigenvalue weighted by Gasteiger charge is 2.36. The molecule has 128 valence electrons. The third-order valence-corrected chi connectivity index (χ3v) is 4.12. The van der Waals surface area contributed by atoms with Crippen LogP contribution < -0.4 is 5.32 Å². The van der Waals surface area contributed by atoms with E-state index in [9.17, 15) is 18.0 Å². The topological polar surface area (TPSA) is 41.6 Å². The highest BCUT2D eigenvalue weighted by molar-refractivity contribution is 5.93. The van der Waals surface area contributed by atoms with Gasteiger partial charge in [-0.1, -0.05) is 6.07 Å². The first-order chi connectivity index (χ1) is 10.4. The first-order valence-corrected chi connectivity index (χ1v) is 7.28. The van der Waals surface area contributed by atoms with Crippen LogP contribution in [0.2, 0.25) is 0 Å². The molecule has 1 aromatic carbocycles. The van der Waals surface area contributed by atoms with Crippen LogP contribution in [-0.4, -0.2) is 43.6 Å². The highest BCUT2D eigenvalue weighted by Crippen LogP contribution is 2.36. The molecule has 1 N–H and O–H groups in total. The van der Waals surface area contributed by atoms with Crippen LogP contribution >= 0.6 is 12.4 Å². The number of alkyl halides is 3. The lowest BCUT2D eigenvalue weighted by Crippen LogP contribution is -2.44. The van der Waals surface area contributed by atoms with E-state index < -0.39 is 17.7 Å². The second kappa shape index (κ2) is 7.07. The van der Waals surface area contributed by atoms with E-state index in [1.807, 2.05) is 0 Å². The van der Waals surface area contributed by atoms with Gasteiger partial charge in [-0.2, -0.15) is 13.2 Å². The van der Waals surface area contributed by atoms with E-state index >= 15 is 0 Å². The maximum Gasteiger partial charge on any atom is 0.416 e. The Morgan fingerprint density at radius 1 is 1.22 bits per heavy atom. The Hall–Kier alpha value is -1.31. The van der Waals surface area contributed by atoms with Crippen molar-refractivity contribution in [2.45, 2.75) is 19.2 Å². The molecule has 0 bridgehead atoms. The molecule has 4 nitrogen and oxygen atoms in total. The number of hydrogen-bond acceptors (Lipinski definition) is 4. The number of halogens is 4. The average Bonchev–Trinajstić information content (AvgIpc) is 2.85. The van der Waals surface area contributed by atoms with Gasteiger partial charge in [0.25, 0.3) is 0 Å². The van der Waals surface area contributed by atoms with E-state index in [2.05, 4.69) is 10.2 Å². The average molecular weight is 351 g/mol. The minimum Gasteiger partial charge on any atom is -0.457 e. The monoisotopic (exact) mass is 350 g/mol. The van der Waals surface area contributed by atoms with E-state index in [4.69, 9.17) is 4.74 Å². The summed E-state index contributed by atoms with van der Waals surface area (Å²) in [5.41, 5.74) is 0.106. The molecule has 0 aliphatic carbocycles. The van der Waals surface area contributed by atoms with Crippen LogP contribution in [0.25, 0.3) is 0 Å². The van der Waals surface area contributed by atoms with Crippen molar-refractivity contribution >= 4 is 18.4 Å². The molecule has 2 heterocycles. The van der Waals surface area contributed by atoms with Crippen LogP contribution in [0.5, 0.6) is 0 Å². The number of benzene rings is 1. The van der Waals surface area contributed by atoms with E-state index in [0.717, 1.165) is 32.2 Å². The second-order valence-electron chi connectivity index (χ2n) is 5.58. The Labute approximate surface area is 138 Å². The number of rotatable bonds is 3. The first kappa shape index (κ1) is 18.0. The van der Waals surface area contributed by atoms with Gasteiger partial charge in [-0.05, 0) is 18.1 Å². The summed E-state index contributed by atoms with van der Waals surface area (Å²) in [5.74, 6) is -0.672. The van der Waals surface area contributed by atoms with Crippen LogP contribution in [0.1, 0.15) is 27.0 Å². The summed E-state index contributed by atoms with van der Waals surface area (Å²) in [6.45, 7) is 4.05. The van der Waals surface area contributed by atoms with Crippen molar-refractivity contribution in [3.63, 3.8) is 0 Å². The lowest BCUT2D eigenvalue weighted by molar-refractivity contribution is -0.138. The fraction of sp³-hybridized carbons (Fsp3) is 0.533. The fourth-order valence-corrected chi connectivity index (χ4v) is 2.91. The van der Waals surface area contributed by atoms with Crippen molar-refractivity contribution in [3.05, 3.63) is 34.4 Å². The summed E-state index contributed by atoms with van der Waals surface area (Å²) < 4.78 is 44.5. The smallest absolute Gasteiger partial charge is 0.416 e. The Balaban J connectivity index is 0.00000192. The number of piperazine rings is 1. The molecule has 0 radical (unpaired) electrons. The molecule has 23 heavy (non-hydrogen) atoms. The van der Waals surface area contributed by atoms with Crippen molar-refractivity contribution in [1.29, 1.82) is 0 Å². The SMILES string of the molecule is Cl.O=C1OCc2cc(CCN3CCNCC3)c(C(F)(F)F)cc21. The predicted octanol–water partition coefficient (Wildman–Crippen LogP) is 2.25. The molecule has 0 atom stereocenters. The standard InChI is InChI=1S/C15H17F3N2O2.ClH/c16-15(17,18)13-8-12-11(9-22-14(12)21)7-10(13)1-4-20-5-2-19-3-6-20;/h7-8,19H,1-6,9H2;1H. The molecule has 2 aliphatic rings. The van der Waals surface area contributed by atoms with Crippen LogP contribution in [0.3, 0.4) is 0 Å². The maximum absolute atomic E-state index is 13.2. The lowest BCUT2D eigenvalue weighted by atomic mass is 9.97. The van der Waals surface area contributed by atoms with Gasteiger partial charge in [0.1, 0.15) is 6.61 Å². The van der Waals surface area contributed by atoms with E-state index in [1.54, 1.807) is 0 Å². The zero-order valence-corrected chi connectivity index (χ0v) is 13.2.